The van der Waals surface area contributed by atoms with Crippen LogP contribution in [-0.2, 0) is 4.79 Å². The van der Waals surface area contributed by atoms with Crippen molar-refractivity contribution in [2.75, 3.05) is 26.2 Å². The molecule has 0 radical (unpaired) electrons. The van der Waals surface area contributed by atoms with E-state index in [-0.39, 0.29) is 11.8 Å². The number of benzene rings is 2. The van der Waals surface area contributed by atoms with Crippen molar-refractivity contribution in [3.05, 3.63) is 70.2 Å². The fourth-order valence-corrected chi connectivity index (χ4v) is 3.69. The van der Waals surface area contributed by atoms with E-state index in [1.165, 1.54) is 11.1 Å². The number of carbonyl (C=O) groups is 1. The van der Waals surface area contributed by atoms with Crippen molar-refractivity contribution in [3.8, 4) is 0 Å². The van der Waals surface area contributed by atoms with Crippen molar-refractivity contribution in [2.24, 2.45) is 10.9 Å². The Kier molecular flexibility index (Phi) is 4.47. The van der Waals surface area contributed by atoms with E-state index < -0.39 is 0 Å². The number of nitrogens with zero attached hydrogens (tertiary/aromatic N) is 2. The fraction of sp³-hybridized carbons (Fsp3) is 0.333. The zero-order valence-corrected chi connectivity index (χ0v) is 14.5. The molecule has 4 nitrogen and oxygen atoms in total. The minimum atomic E-state index is -0.149. The second-order valence-electron chi connectivity index (χ2n) is 6.96. The third kappa shape index (κ3) is 3.55. The molecule has 128 valence electrons. The Morgan fingerprint density at radius 1 is 1.20 bits per heavy atom. The van der Waals surface area contributed by atoms with Gasteiger partial charge in [0, 0.05) is 32.2 Å². The van der Waals surface area contributed by atoms with Gasteiger partial charge in [0.2, 0.25) is 0 Å². The molecule has 2 aromatic rings. The number of aryl methyl sites for hydroxylation is 1. The molecule has 4 heteroatoms. The molecule has 2 aromatic carbocycles. The summed E-state index contributed by atoms with van der Waals surface area (Å²) in [4.78, 5) is 19.1. The number of carbonyl (C=O) groups excluding carboxylic acids is 1. The highest BCUT2D eigenvalue weighted by atomic mass is 16.1. The number of hydrogen-bond donors (Lipinski definition) is 1. The monoisotopic (exact) mass is 333 g/mol. The van der Waals surface area contributed by atoms with E-state index in [9.17, 15) is 4.79 Å². The Bertz CT molecular complexity index is 891. The second-order valence-corrected chi connectivity index (χ2v) is 6.96. The molecule has 1 saturated heterocycles. The van der Waals surface area contributed by atoms with Crippen LogP contribution < -0.4 is 15.9 Å². The minimum Gasteiger partial charge on any atom is -0.308 e. The third-order valence-electron chi connectivity index (χ3n) is 5.03. The summed E-state index contributed by atoms with van der Waals surface area (Å²) in [6.07, 6.45) is 2.09. The van der Waals surface area contributed by atoms with Gasteiger partial charge in [-0.15, -0.1) is 0 Å². The van der Waals surface area contributed by atoms with E-state index in [4.69, 9.17) is 0 Å². The lowest BCUT2D eigenvalue weighted by molar-refractivity contribution is -0.120. The summed E-state index contributed by atoms with van der Waals surface area (Å²) in [5.74, 6) is -0.171. The highest BCUT2D eigenvalue weighted by molar-refractivity contribution is 5.86. The molecule has 2 aliphatic rings. The van der Waals surface area contributed by atoms with Gasteiger partial charge >= 0.3 is 0 Å². The normalized spacial score (nSPS) is 23.5. The van der Waals surface area contributed by atoms with Crippen LogP contribution in [0.1, 0.15) is 17.2 Å². The third-order valence-corrected chi connectivity index (χ3v) is 5.03. The van der Waals surface area contributed by atoms with Crippen LogP contribution in [0.25, 0.3) is 6.08 Å². The summed E-state index contributed by atoms with van der Waals surface area (Å²) in [6.45, 7) is 5.62. The van der Waals surface area contributed by atoms with Gasteiger partial charge in [-0.1, -0.05) is 54.1 Å². The Balaban J connectivity index is 1.51. The van der Waals surface area contributed by atoms with Crippen molar-refractivity contribution in [1.29, 1.82) is 0 Å². The maximum Gasteiger partial charge on any atom is 0.254 e. The van der Waals surface area contributed by atoms with Gasteiger partial charge in [0.05, 0.1) is 11.3 Å². The number of amides is 1. The van der Waals surface area contributed by atoms with Crippen molar-refractivity contribution in [2.45, 2.75) is 13.0 Å². The molecule has 2 heterocycles. The van der Waals surface area contributed by atoms with E-state index >= 15 is 0 Å². The first-order valence-electron chi connectivity index (χ1n) is 8.91. The van der Waals surface area contributed by atoms with Gasteiger partial charge in [0.1, 0.15) is 0 Å². The summed E-state index contributed by atoms with van der Waals surface area (Å²) < 4.78 is 0. The first kappa shape index (κ1) is 16.2. The molecular formula is C21H23N3O. The lowest BCUT2D eigenvalue weighted by Crippen LogP contribution is -2.48. The van der Waals surface area contributed by atoms with Crippen LogP contribution in [0.15, 0.2) is 53.5 Å². The van der Waals surface area contributed by atoms with E-state index in [2.05, 4.69) is 58.5 Å². The standard InChI is InChI=1S/C21H23N3O/c1-15-7-8-19-17(11-15)12-18(21(25)23-19)13-24-10-9-22-20(14-24)16-5-3-2-4-6-16/h2-8,11-12,18,20,22H,9-10,13-14H2,1H3/t18?,20-/m1/s1. The summed E-state index contributed by atoms with van der Waals surface area (Å²) in [7, 11) is 0. The molecular weight excluding hydrogens is 310 g/mol. The van der Waals surface area contributed by atoms with Crippen LogP contribution in [0.5, 0.6) is 0 Å². The molecule has 1 fully saturated rings. The molecule has 2 atom stereocenters. The van der Waals surface area contributed by atoms with Gasteiger partial charge in [-0.3, -0.25) is 9.69 Å². The van der Waals surface area contributed by atoms with Gasteiger partial charge in [-0.25, -0.2) is 4.99 Å². The molecule has 0 aromatic heterocycles. The van der Waals surface area contributed by atoms with E-state index in [1.807, 2.05) is 18.2 Å². The second kappa shape index (κ2) is 6.90. The average Bonchev–Trinajstić information content (AvgIpc) is 2.64. The van der Waals surface area contributed by atoms with Crippen LogP contribution in [0.3, 0.4) is 0 Å². The maximum absolute atomic E-state index is 12.4. The highest BCUT2D eigenvalue weighted by Gasteiger charge is 2.26. The van der Waals surface area contributed by atoms with Crippen molar-refractivity contribution < 1.29 is 4.79 Å². The number of hydrogen-bond acceptors (Lipinski definition) is 3. The molecule has 0 spiro atoms. The van der Waals surface area contributed by atoms with Crippen LogP contribution in [0.4, 0.5) is 0 Å². The summed E-state index contributed by atoms with van der Waals surface area (Å²) in [5.41, 5.74) is 2.50. The van der Waals surface area contributed by atoms with E-state index in [0.717, 1.165) is 36.8 Å². The van der Waals surface area contributed by atoms with Crippen molar-refractivity contribution in [3.63, 3.8) is 0 Å². The SMILES string of the molecule is Cc1ccc2c(c1)=CC(CN1CCN[C@@H](c3ccccc3)C1)C(=O)N=2. The maximum atomic E-state index is 12.4. The molecule has 2 aliphatic heterocycles. The van der Waals surface area contributed by atoms with E-state index in [1.54, 1.807) is 0 Å². The molecule has 4 rings (SSSR count). The predicted octanol–water partition coefficient (Wildman–Crippen LogP) is 1.20. The smallest absolute Gasteiger partial charge is 0.254 e. The van der Waals surface area contributed by atoms with E-state index in [0.29, 0.717) is 6.04 Å². The first-order valence-corrected chi connectivity index (χ1v) is 8.91. The molecule has 1 N–H and O–H groups in total. The quantitative estimate of drug-likeness (QED) is 0.918. The Morgan fingerprint density at radius 3 is 2.88 bits per heavy atom. The largest absolute Gasteiger partial charge is 0.308 e. The molecule has 0 saturated carbocycles. The molecule has 0 aliphatic carbocycles. The highest BCUT2D eigenvalue weighted by Crippen LogP contribution is 2.18. The number of rotatable bonds is 3. The van der Waals surface area contributed by atoms with Crippen LogP contribution >= 0.6 is 0 Å². The van der Waals surface area contributed by atoms with Gasteiger partial charge in [-0.05, 0) is 23.8 Å². The zero-order chi connectivity index (χ0) is 17.2. The van der Waals surface area contributed by atoms with Crippen LogP contribution in [-0.4, -0.2) is 37.0 Å². The predicted molar refractivity (Wildman–Crippen MR) is 98.5 cm³/mol. The first-order chi connectivity index (χ1) is 12.2. The zero-order valence-electron chi connectivity index (χ0n) is 14.5. The van der Waals surface area contributed by atoms with Gasteiger partial charge < -0.3 is 5.32 Å². The summed E-state index contributed by atoms with van der Waals surface area (Å²) in [6, 6.07) is 16.9. The summed E-state index contributed by atoms with van der Waals surface area (Å²) >= 11 is 0. The molecule has 0 bridgehead atoms. The molecule has 1 amide bonds. The number of piperazine rings is 1. The Hall–Kier alpha value is -2.30. The minimum absolute atomic E-state index is 0.0221. The summed E-state index contributed by atoms with van der Waals surface area (Å²) in [5, 5.41) is 5.46. The Labute approximate surface area is 147 Å². The van der Waals surface area contributed by atoms with Crippen LogP contribution in [0, 0.1) is 12.8 Å². The van der Waals surface area contributed by atoms with Gasteiger partial charge in [-0.2, -0.15) is 0 Å². The lowest BCUT2D eigenvalue weighted by atomic mass is 10.00. The molecule has 25 heavy (non-hydrogen) atoms. The lowest BCUT2D eigenvalue weighted by Gasteiger charge is -2.35. The number of fused-ring (bicyclic) bond motifs is 1. The average molecular weight is 333 g/mol. The van der Waals surface area contributed by atoms with Crippen molar-refractivity contribution >= 4 is 12.0 Å². The van der Waals surface area contributed by atoms with Crippen LogP contribution in [0.2, 0.25) is 0 Å². The topological polar surface area (TPSA) is 44.7 Å². The van der Waals surface area contributed by atoms with Gasteiger partial charge in [0.15, 0.2) is 0 Å². The Morgan fingerprint density at radius 2 is 2.04 bits per heavy atom. The molecule has 1 unspecified atom stereocenters. The van der Waals surface area contributed by atoms with Gasteiger partial charge in [0.25, 0.3) is 5.91 Å². The fourth-order valence-electron chi connectivity index (χ4n) is 3.69. The number of nitrogens with one attached hydrogen (secondary N) is 1. The van der Waals surface area contributed by atoms with Crippen molar-refractivity contribution in [1.82, 2.24) is 10.2 Å².